The Morgan fingerprint density at radius 3 is 2.50 bits per heavy atom. The molecule has 32 heavy (non-hydrogen) atoms. The highest BCUT2D eigenvalue weighted by atomic mass is 32.1. The molecule has 0 radical (unpaired) electrons. The second-order valence-corrected chi connectivity index (χ2v) is 8.37. The van der Waals surface area contributed by atoms with Crippen molar-refractivity contribution >= 4 is 34.7 Å². The number of aromatic nitrogens is 4. The van der Waals surface area contributed by atoms with Crippen LogP contribution in [-0.2, 0) is 11.3 Å². The van der Waals surface area contributed by atoms with Gasteiger partial charge in [-0.3, -0.25) is 4.79 Å². The molecule has 2 aliphatic rings. The van der Waals surface area contributed by atoms with Gasteiger partial charge in [-0.2, -0.15) is 4.37 Å². The molecule has 1 fully saturated rings. The van der Waals surface area contributed by atoms with Crippen LogP contribution in [-0.4, -0.2) is 45.0 Å². The predicted octanol–water partition coefficient (Wildman–Crippen LogP) is 3.71. The molecule has 9 heteroatoms. The number of nitrogens with two attached hydrogens (primary N) is 1. The lowest BCUT2D eigenvalue weighted by Crippen LogP contribution is -2.17. The van der Waals surface area contributed by atoms with Crippen molar-refractivity contribution in [3.8, 4) is 28.5 Å². The van der Waals surface area contributed by atoms with Gasteiger partial charge in [0.15, 0.2) is 5.82 Å². The van der Waals surface area contributed by atoms with Crippen molar-refractivity contribution in [3.05, 3.63) is 41.9 Å². The summed E-state index contributed by atoms with van der Waals surface area (Å²) < 4.78 is 12.8. The first-order valence-corrected chi connectivity index (χ1v) is 11.6. The second-order valence-electron chi connectivity index (χ2n) is 7.76. The van der Waals surface area contributed by atoms with Crippen LogP contribution in [0.3, 0.4) is 0 Å². The van der Waals surface area contributed by atoms with Gasteiger partial charge in [0.2, 0.25) is 6.41 Å². The van der Waals surface area contributed by atoms with Gasteiger partial charge in [-0.05, 0) is 36.9 Å². The number of rotatable bonds is 3. The van der Waals surface area contributed by atoms with Crippen LogP contribution in [0, 0.1) is 0 Å². The van der Waals surface area contributed by atoms with E-state index in [2.05, 4.69) is 61.0 Å². The molecule has 0 spiro atoms. The van der Waals surface area contributed by atoms with Crippen LogP contribution in [0.4, 0.5) is 5.69 Å². The van der Waals surface area contributed by atoms with Crippen LogP contribution in [0.2, 0.25) is 0 Å². The number of ether oxygens (including phenoxy) is 1. The van der Waals surface area contributed by atoms with Crippen molar-refractivity contribution in [2.45, 2.75) is 25.8 Å². The molecule has 2 aromatic carbocycles. The van der Waals surface area contributed by atoms with Gasteiger partial charge >= 0.3 is 0 Å². The standard InChI is InChI=1S/C22H21N5OS.CH3NO/c1-2-9-26(8-1)17-12-18-20-19(13-17)28-11-3-10-27(20)22(24-18)16-6-4-15(5-7-16)21-23-14-29-25-21;2-1-3/h4-7,12-14H,1-3,8-11H2;1H,(H2,2,3). The Morgan fingerprint density at radius 1 is 1.03 bits per heavy atom. The molecular weight excluding hydrogens is 424 g/mol. The molecule has 0 aliphatic carbocycles. The highest BCUT2D eigenvalue weighted by Gasteiger charge is 2.22. The van der Waals surface area contributed by atoms with E-state index in [-0.39, 0.29) is 6.41 Å². The summed E-state index contributed by atoms with van der Waals surface area (Å²) in [6.07, 6.45) is 3.75. The van der Waals surface area contributed by atoms with Gasteiger partial charge in [-0.15, -0.1) is 0 Å². The average Bonchev–Trinajstić information content (AvgIpc) is 3.56. The van der Waals surface area contributed by atoms with E-state index in [1.165, 1.54) is 30.1 Å². The number of benzene rings is 2. The lowest BCUT2D eigenvalue weighted by molar-refractivity contribution is -0.106. The molecule has 0 bridgehead atoms. The van der Waals surface area contributed by atoms with Gasteiger partial charge in [-0.1, -0.05) is 24.3 Å². The Kier molecular flexibility index (Phi) is 5.72. The van der Waals surface area contributed by atoms with Crippen LogP contribution in [0.1, 0.15) is 19.3 Å². The third kappa shape index (κ3) is 3.80. The van der Waals surface area contributed by atoms with E-state index in [0.717, 1.165) is 72.2 Å². The zero-order chi connectivity index (χ0) is 21.9. The van der Waals surface area contributed by atoms with Crippen LogP contribution < -0.4 is 15.4 Å². The minimum atomic E-state index is 0.250. The van der Waals surface area contributed by atoms with Crippen LogP contribution in [0.15, 0.2) is 41.9 Å². The Hall–Kier alpha value is -3.46. The first-order valence-electron chi connectivity index (χ1n) is 10.7. The smallest absolute Gasteiger partial charge is 0.204 e. The molecule has 2 aliphatic heterocycles. The fourth-order valence-corrected chi connectivity index (χ4v) is 4.84. The number of hydrogen-bond acceptors (Lipinski definition) is 7. The molecule has 6 rings (SSSR count). The molecule has 1 saturated heterocycles. The Morgan fingerprint density at radius 2 is 1.78 bits per heavy atom. The Balaban J connectivity index is 0.000000684. The number of anilines is 1. The first kappa shape index (κ1) is 20.4. The maximum absolute atomic E-state index is 8.58. The normalized spacial score (nSPS) is 15.1. The summed E-state index contributed by atoms with van der Waals surface area (Å²) in [6.45, 7) is 3.89. The van der Waals surface area contributed by atoms with Crippen LogP contribution in [0.25, 0.3) is 33.8 Å². The monoisotopic (exact) mass is 448 g/mol. The summed E-state index contributed by atoms with van der Waals surface area (Å²) >= 11 is 1.37. The van der Waals surface area contributed by atoms with E-state index in [4.69, 9.17) is 14.5 Å². The fourth-order valence-electron chi connectivity index (χ4n) is 4.39. The maximum Gasteiger partial charge on any atom is 0.204 e. The van der Waals surface area contributed by atoms with Crippen LogP contribution >= 0.6 is 11.5 Å². The summed E-state index contributed by atoms with van der Waals surface area (Å²) in [6, 6.07) is 12.8. The molecule has 0 saturated carbocycles. The maximum atomic E-state index is 8.58. The minimum Gasteiger partial charge on any atom is -0.491 e. The third-order valence-electron chi connectivity index (χ3n) is 5.81. The number of nitrogens with zero attached hydrogens (tertiary/aromatic N) is 5. The average molecular weight is 449 g/mol. The van der Waals surface area contributed by atoms with E-state index in [0.29, 0.717) is 0 Å². The molecule has 1 amide bonds. The van der Waals surface area contributed by atoms with Crippen LogP contribution in [0.5, 0.6) is 5.75 Å². The first-order chi connectivity index (χ1) is 15.8. The van der Waals surface area contributed by atoms with Crippen molar-refractivity contribution in [1.82, 2.24) is 18.9 Å². The topological polar surface area (TPSA) is 99.2 Å². The highest BCUT2D eigenvalue weighted by molar-refractivity contribution is 7.03. The number of aryl methyl sites for hydroxylation is 1. The second kappa shape index (κ2) is 8.96. The molecule has 2 aromatic heterocycles. The summed E-state index contributed by atoms with van der Waals surface area (Å²) in [5.74, 6) is 2.74. The van der Waals surface area contributed by atoms with E-state index in [9.17, 15) is 0 Å². The van der Waals surface area contributed by atoms with Gasteiger partial charge in [-0.25, -0.2) is 9.97 Å². The van der Waals surface area contributed by atoms with Gasteiger partial charge in [0.1, 0.15) is 22.6 Å². The number of amides is 1. The van der Waals surface area contributed by atoms with Gasteiger partial charge < -0.3 is 19.9 Å². The van der Waals surface area contributed by atoms with Crippen molar-refractivity contribution in [3.63, 3.8) is 0 Å². The van der Waals surface area contributed by atoms with Gasteiger partial charge in [0.25, 0.3) is 0 Å². The number of imidazole rings is 1. The van der Waals surface area contributed by atoms with E-state index in [1.807, 2.05) is 0 Å². The fraction of sp³-hybridized carbons (Fsp3) is 0.304. The molecule has 0 unspecified atom stereocenters. The summed E-state index contributed by atoms with van der Waals surface area (Å²) in [5.41, 5.74) is 11.4. The van der Waals surface area contributed by atoms with Crippen molar-refractivity contribution in [2.75, 3.05) is 24.6 Å². The lowest BCUT2D eigenvalue weighted by atomic mass is 10.1. The summed E-state index contributed by atoms with van der Waals surface area (Å²) in [4.78, 5) is 20.4. The molecule has 0 atom stereocenters. The van der Waals surface area contributed by atoms with E-state index >= 15 is 0 Å². The predicted molar refractivity (Wildman–Crippen MR) is 126 cm³/mol. The number of carbonyl (C=O) groups excluding carboxylic acids is 1. The minimum absolute atomic E-state index is 0.250. The van der Waals surface area contributed by atoms with E-state index < -0.39 is 0 Å². The van der Waals surface area contributed by atoms with E-state index in [1.54, 1.807) is 5.51 Å². The molecule has 164 valence electrons. The quantitative estimate of drug-likeness (QED) is 0.480. The molecule has 4 aromatic rings. The highest BCUT2D eigenvalue weighted by Crippen LogP contribution is 2.37. The summed E-state index contributed by atoms with van der Waals surface area (Å²) in [7, 11) is 0. The van der Waals surface area contributed by atoms with Gasteiger partial charge in [0.05, 0.1) is 12.1 Å². The van der Waals surface area contributed by atoms with Crippen molar-refractivity contribution < 1.29 is 9.53 Å². The zero-order valence-electron chi connectivity index (χ0n) is 17.6. The molecule has 2 N–H and O–H groups in total. The molecule has 8 nitrogen and oxygen atoms in total. The molecule has 4 heterocycles. The zero-order valence-corrected chi connectivity index (χ0v) is 18.4. The number of hydrogen-bond donors (Lipinski definition) is 1. The Bertz CT molecular complexity index is 1210. The number of primary amides is 1. The summed E-state index contributed by atoms with van der Waals surface area (Å²) in [5, 5.41) is 0. The van der Waals surface area contributed by atoms with Gasteiger partial charge in [0, 0.05) is 42.5 Å². The Labute approximate surface area is 189 Å². The number of carbonyl (C=O) groups is 1. The van der Waals surface area contributed by atoms with Crippen molar-refractivity contribution in [1.29, 1.82) is 0 Å². The SMILES string of the molecule is NC=O.c1nc(-c2ccc(-c3nc4cc(N5CCCC5)cc5c4n3CCCO5)cc2)ns1. The van der Waals surface area contributed by atoms with Crippen molar-refractivity contribution in [2.24, 2.45) is 5.73 Å². The third-order valence-corrected chi connectivity index (χ3v) is 6.29. The molecular formula is C23H24N6O2S. The largest absolute Gasteiger partial charge is 0.491 e. The lowest BCUT2D eigenvalue weighted by Gasteiger charge is -2.18.